The summed E-state index contributed by atoms with van der Waals surface area (Å²) in [7, 11) is 0. The molecule has 386 valence electrons. The number of benzene rings is 6. The van der Waals surface area contributed by atoms with Gasteiger partial charge in [0.2, 0.25) is 0 Å². The third kappa shape index (κ3) is 16.9. The van der Waals surface area contributed by atoms with Crippen LogP contribution in [0, 0.1) is 6.92 Å². The molecule has 9 rings (SSSR count). The van der Waals surface area contributed by atoms with Crippen LogP contribution in [0.3, 0.4) is 0 Å². The number of aryl methyl sites for hydroxylation is 2. The molecule has 0 spiro atoms. The standard InChI is InChI=1S/C18H16F3NO3.C17H15F3N2O4.C11H12O2.C8H9Br/c1-12(23)14-4-7-17-16(10-14)22(8-9-24-17)11-13-2-5-15(6-3-13)25-18(19,20)21;18-17(19,20)26-13-4-1-11(2-5-13)10-22-7-8-25-15-6-3-12(9-14(15)22)16(23)21-24;1-8(12)9-4-5-11-10(7-9)3-2-6-13-11;1-7-2-4-8(6-9)5-3-7/h2-7,10H,8-9,11H2,1H3;1-6,9,24H,7-8,10H2,(H,21,23);4-5,7H,2-3,6H2,1H3;2-5H,6H2,1H3. The third-order valence-electron chi connectivity index (χ3n) is 11.3. The highest BCUT2D eigenvalue weighted by Crippen LogP contribution is 2.36. The quantitative estimate of drug-likeness (QED) is 0.0446. The molecule has 0 saturated carbocycles. The van der Waals surface area contributed by atoms with Gasteiger partial charge in [-0.1, -0.05) is 70.0 Å². The molecule has 73 heavy (non-hydrogen) atoms. The number of ether oxygens (including phenoxy) is 5. The number of carbonyl (C=O) groups excluding carboxylic acids is 3. The highest BCUT2D eigenvalue weighted by Gasteiger charge is 2.32. The van der Waals surface area contributed by atoms with Crippen molar-refractivity contribution in [2.45, 2.75) is 64.8 Å². The van der Waals surface area contributed by atoms with E-state index in [9.17, 15) is 40.7 Å². The van der Waals surface area contributed by atoms with Crippen LogP contribution in [0.2, 0.25) is 0 Å². The van der Waals surface area contributed by atoms with Crippen molar-refractivity contribution in [2.24, 2.45) is 0 Å². The van der Waals surface area contributed by atoms with Crippen LogP contribution in [-0.2, 0) is 24.8 Å². The zero-order valence-electron chi connectivity index (χ0n) is 39.9. The number of carbonyl (C=O) groups is 3. The van der Waals surface area contributed by atoms with Gasteiger partial charge in [-0.25, -0.2) is 5.48 Å². The van der Waals surface area contributed by atoms with E-state index < -0.39 is 18.6 Å². The van der Waals surface area contributed by atoms with E-state index in [2.05, 4.69) is 56.6 Å². The second-order valence-electron chi connectivity index (χ2n) is 16.7. The number of nitrogens with one attached hydrogen (secondary N) is 1. The highest BCUT2D eigenvalue weighted by molar-refractivity contribution is 9.08. The fourth-order valence-corrected chi connectivity index (χ4v) is 7.96. The van der Waals surface area contributed by atoms with E-state index in [0.29, 0.717) is 62.1 Å². The van der Waals surface area contributed by atoms with Gasteiger partial charge in [0.05, 0.1) is 31.1 Å². The molecule has 0 atom stereocenters. The number of anilines is 2. The Hall–Kier alpha value is -7.25. The number of rotatable bonds is 10. The smallest absolute Gasteiger partial charge is 0.493 e. The molecule has 0 fully saturated rings. The minimum atomic E-state index is -4.73. The lowest BCUT2D eigenvalue weighted by Crippen LogP contribution is -2.32. The Labute approximate surface area is 426 Å². The Kier molecular flexibility index (Phi) is 19.2. The lowest BCUT2D eigenvalue weighted by Gasteiger charge is -2.31. The molecule has 12 nitrogen and oxygen atoms in total. The van der Waals surface area contributed by atoms with Gasteiger partial charge in [-0.15, -0.1) is 26.3 Å². The van der Waals surface area contributed by atoms with E-state index in [4.69, 9.17) is 19.4 Å². The topological polar surface area (TPSA) is 136 Å². The number of alkyl halides is 7. The van der Waals surface area contributed by atoms with Crippen molar-refractivity contribution in [2.75, 3.05) is 42.7 Å². The van der Waals surface area contributed by atoms with E-state index in [1.165, 1.54) is 53.9 Å². The summed E-state index contributed by atoms with van der Waals surface area (Å²) in [4.78, 5) is 38.2. The summed E-state index contributed by atoms with van der Waals surface area (Å²) in [6.07, 6.45) is -7.35. The molecular weight excluding hydrogens is 1030 g/mol. The largest absolute Gasteiger partial charge is 0.573 e. The summed E-state index contributed by atoms with van der Waals surface area (Å²) in [5, 5.41) is 9.72. The van der Waals surface area contributed by atoms with Crippen molar-refractivity contribution in [3.8, 4) is 28.7 Å². The predicted molar refractivity (Wildman–Crippen MR) is 266 cm³/mol. The monoisotopic (exact) mass is 1080 g/mol. The Morgan fingerprint density at radius 3 is 1.47 bits per heavy atom. The molecule has 0 aromatic heterocycles. The number of fused-ring (bicyclic) bond motifs is 3. The summed E-state index contributed by atoms with van der Waals surface area (Å²) in [6, 6.07) is 35.5. The van der Waals surface area contributed by atoms with Gasteiger partial charge < -0.3 is 33.5 Å². The molecule has 0 unspecified atom stereocenters. The van der Waals surface area contributed by atoms with E-state index in [0.717, 1.165) is 52.9 Å². The Bertz CT molecular complexity index is 2810. The summed E-state index contributed by atoms with van der Waals surface area (Å²) >= 11 is 3.38. The molecule has 0 bridgehead atoms. The zero-order chi connectivity index (χ0) is 52.7. The number of hydrogen-bond donors (Lipinski definition) is 2. The summed E-state index contributed by atoms with van der Waals surface area (Å²) in [5.74, 6) is 1.11. The summed E-state index contributed by atoms with van der Waals surface area (Å²) < 4.78 is 97.6. The van der Waals surface area contributed by atoms with Gasteiger partial charge in [0.15, 0.2) is 11.6 Å². The van der Waals surface area contributed by atoms with E-state index in [-0.39, 0.29) is 28.6 Å². The SMILES string of the molecule is CC(=O)c1ccc2c(c1)CCCO2.CC(=O)c1ccc2c(c1)N(Cc1ccc(OC(F)(F)F)cc1)CCO2.Cc1ccc(CBr)cc1.O=C(NO)c1ccc2c(c1)N(Cc1ccc(OC(F)(F)F)cc1)CCO2. The lowest BCUT2D eigenvalue weighted by molar-refractivity contribution is -0.275. The molecule has 0 radical (unpaired) electrons. The van der Waals surface area contributed by atoms with Crippen molar-refractivity contribution in [3.05, 3.63) is 172 Å². The van der Waals surface area contributed by atoms with Crippen molar-refractivity contribution in [1.82, 2.24) is 5.48 Å². The number of halogens is 7. The second-order valence-corrected chi connectivity index (χ2v) is 17.3. The molecule has 1 amide bonds. The maximum absolute atomic E-state index is 12.2. The molecular formula is C54H52BrF6N3O9. The average Bonchev–Trinajstić information content (AvgIpc) is 3.37. The van der Waals surface area contributed by atoms with E-state index in [1.54, 1.807) is 67.0 Å². The van der Waals surface area contributed by atoms with Crippen molar-refractivity contribution < 1.29 is 69.6 Å². The number of nitrogens with zero attached hydrogens (tertiary/aromatic N) is 2. The van der Waals surface area contributed by atoms with Gasteiger partial charge >= 0.3 is 12.7 Å². The third-order valence-corrected chi connectivity index (χ3v) is 11.9. The van der Waals surface area contributed by atoms with Crippen LogP contribution in [0.1, 0.15) is 79.2 Å². The van der Waals surface area contributed by atoms with E-state index in [1.807, 2.05) is 28.0 Å². The van der Waals surface area contributed by atoms with Crippen LogP contribution in [0.25, 0.3) is 0 Å². The van der Waals surface area contributed by atoms with Gasteiger partial charge in [0, 0.05) is 35.1 Å². The number of amides is 1. The molecule has 3 heterocycles. The number of ketones is 2. The maximum Gasteiger partial charge on any atom is 0.573 e. The first kappa shape index (κ1) is 55.1. The Balaban J connectivity index is 0.000000171. The number of hydroxylamine groups is 1. The normalized spacial score (nSPS) is 13.4. The van der Waals surface area contributed by atoms with E-state index >= 15 is 0 Å². The van der Waals surface area contributed by atoms with Gasteiger partial charge in [0.25, 0.3) is 5.91 Å². The molecule has 3 aliphatic rings. The lowest BCUT2D eigenvalue weighted by atomic mass is 10.0. The molecule has 3 aliphatic heterocycles. The molecule has 6 aromatic rings. The van der Waals surface area contributed by atoms with Gasteiger partial charge in [0.1, 0.15) is 42.0 Å². The Morgan fingerprint density at radius 1 is 0.589 bits per heavy atom. The Morgan fingerprint density at radius 2 is 1.01 bits per heavy atom. The highest BCUT2D eigenvalue weighted by atomic mass is 79.9. The maximum atomic E-state index is 12.2. The van der Waals surface area contributed by atoms with Crippen molar-refractivity contribution >= 4 is 44.8 Å². The van der Waals surface area contributed by atoms with Crippen molar-refractivity contribution in [3.63, 3.8) is 0 Å². The van der Waals surface area contributed by atoms with Crippen LogP contribution < -0.4 is 39.0 Å². The van der Waals surface area contributed by atoms with Crippen molar-refractivity contribution in [1.29, 1.82) is 0 Å². The molecule has 2 N–H and O–H groups in total. The first-order chi connectivity index (χ1) is 34.8. The number of hydrogen-bond acceptors (Lipinski definition) is 11. The number of Topliss-reactive ketones (excluding diaryl/α,β-unsaturated/α-hetero) is 2. The van der Waals surface area contributed by atoms with Crippen LogP contribution in [0.5, 0.6) is 28.7 Å². The molecule has 0 aliphatic carbocycles. The van der Waals surface area contributed by atoms with Crippen LogP contribution in [0.4, 0.5) is 37.7 Å². The van der Waals surface area contributed by atoms with Crippen LogP contribution >= 0.6 is 15.9 Å². The average molecular weight is 1080 g/mol. The van der Waals surface area contributed by atoms with Gasteiger partial charge in [-0.05, 0) is 135 Å². The zero-order valence-corrected chi connectivity index (χ0v) is 41.5. The fourth-order valence-electron chi connectivity index (χ4n) is 7.59. The molecule has 19 heteroatoms. The molecule has 6 aromatic carbocycles. The summed E-state index contributed by atoms with van der Waals surface area (Å²) in [6.45, 7) is 8.98. The van der Waals surface area contributed by atoms with Crippen LogP contribution in [0.15, 0.2) is 127 Å². The minimum Gasteiger partial charge on any atom is -0.493 e. The minimum absolute atomic E-state index is 0.0398. The predicted octanol–water partition coefficient (Wildman–Crippen LogP) is 12.4. The summed E-state index contributed by atoms with van der Waals surface area (Å²) in [5.41, 5.74) is 10.1. The van der Waals surface area contributed by atoms with Crippen LogP contribution in [-0.4, -0.2) is 68.3 Å². The first-order valence-electron chi connectivity index (χ1n) is 22.8. The van der Waals surface area contributed by atoms with Gasteiger partial charge in [-0.2, -0.15) is 0 Å². The fraction of sp³-hybridized carbons (Fsp3) is 0.278. The second kappa shape index (κ2) is 25.4. The van der Waals surface area contributed by atoms with Gasteiger partial charge in [-0.3, -0.25) is 19.6 Å². The first-order valence-corrected chi connectivity index (χ1v) is 24.0. The molecule has 0 saturated heterocycles.